The number of esters is 1. The summed E-state index contributed by atoms with van der Waals surface area (Å²) in [6.07, 6.45) is 18.0. The molecule has 0 bridgehead atoms. The fraction of sp³-hybridized carbons (Fsp3) is 0.938. The highest BCUT2D eigenvalue weighted by Gasteiger charge is 2.65. The number of fused-ring (bicyclic) bond motifs is 10. The average Bonchev–Trinajstić information content (AvgIpc) is 3.67. The largest absolute Gasteiger partial charge is 0.481 e. The Morgan fingerprint density at radius 2 is 1.22 bits per heavy atom. The molecule has 3 N–H and O–H groups in total. The highest BCUT2D eigenvalue weighted by Crippen LogP contribution is 2.70. The molecule has 8 aliphatic carbocycles. The number of ether oxygens (including phenoxy) is 1. The van der Waals surface area contributed by atoms with E-state index in [4.69, 9.17) is 4.74 Å². The summed E-state index contributed by atoms with van der Waals surface area (Å²) < 4.78 is 6.30. The van der Waals surface area contributed by atoms with Crippen LogP contribution in [0.1, 0.15) is 170 Å². The van der Waals surface area contributed by atoms with Gasteiger partial charge in [0.1, 0.15) is 11.9 Å². The lowest BCUT2D eigenvalue weighted by Crippen LogP contribution is -2.58. The molecule has 0 heterocycles. The maximum Gasteiger partial charge on any atom is 0.306 e. The van der Waals surface area contributed by atoms with Crippen molar-refractivity contribution in [1.29, 1.82) is 0 Å². The third-order valence-corrected chi connectivity index (χ3v) is 20.5. The summed E-state index contributed by atoms with van der Waals surface area (Å²) in [5.74, 6) is 4.72. The van der Waals surface area contributed by atoms with E-state index in [1.54, 1.807) is 0 Å². The van der Waals surface area contributed by atoms with Gasteiger partial charge in [-0.3, -0.25) is 14.4 Å². The van der Waals surface area contributed by atoms with Crippen LogP contribution in [0.5, 0.6) is 0 Å². The van der Waals surface area contributed by atoms with Crippen molar-refractivity contribution in [2.45, 2.75) is 188 Å². The van der Waals surface area contributed by atoms with E-state index in [1.165, 1.54) is 12.8 Å². The normalized spacial score (nSPS) is 51.3. The second-order valence-electron chi connectivity index (χ2n) is 22.6. The number of carbonyl (C=O) groups is 3. The molecule has 8 fully saturated rings. The first-order chi connectivity index (χ1) is 26.0. The first kappa shape index (κ1) is 40.3. The van der Waals surface area contributed by atoms with Crippen LogP contribution >= 0.6 is 0 Å². The number of rotatable bonds is 9. The van der Waals surface area contributed by atoms with Gasteiger partial charge < -0.3 is 20.1 Å². The molecular formula is C48H76O7. The van der Waals surface area contributed by atoms with Crippen LogP contribution in [0.25, 0.3) is 0 Å². The third-order valence-electron chi connectivity index (χ3n) is 20.5. The number of carbonyl (C=O) groups excluding carboxylic acids is 2. The van der Waals surface area contributed by atoms with Gasteiger partial charge in [0.05, 0.1) is 12.2 Å². The Balaban J connectivity index is 0.846. The van der Waals surface area contributed by atoms with Crippen molar-refractivity contribution in [2.24, 2.45) is 92.7 Å². The molecule has 0 saturated heterocycles. The van der Waals surface area contributed by atoms with Gasteiger partial charge in [0.25, 0.3) is 0 Å². The van der Waals surface area contributed by atoms with Crippen molar-refractivity contribution in [3.63, 3.8) is 0 Å². The Labute approximate surface area is 332 Å². The number of aliphatic hydroxyl groups excluding tert-OH is 2. The number of aliphatic carboxylic acids is 1. The molecule has 0 aromatic carbocycles. The molecule has 0 aliphatic heterocycles. The molecule has 5 unspecified atom stereocenters. The van der Waals surface area contributed by atoms with Gasteiger partial charge in [-0.25, -0.2) is 0 Å². The van der Waals surface area contributed by atoms with Crippen molar-refractivity contribution >= 4 is 17.7 Å². The second kappa shape index (κ2) is 14.7. The second-order valence-corrected chi connectivity index (χ2v) is 22.6. The molecule has 0 aromatic rings. The van der Waals surface area contributed by atoms with Gasteiger partial charge in [0.2, 0.25) is 0 Å². The standard InChI is InChI=1S/C48H76O7/c1-27(7-13-41(52)53)33-9-11-36-44-38(18-22-47(33,36)5)46(4)20-16-32(24-30(46)26-40(44)51)55-42(54)14-8-28(2)34-10-12-35-43-37(17-21-48(34,35)6)45(3)19-15-31(49)23-29(45)25-39(43)50/h27-38,40,43-44,49,51H,7-26H2,1-6H3,(H,52,53)/t27-,28-,29?,30?,31+,32-,33-,34-,35?,36+,37?,38+,40-,43?,44+,45+,46+,47-,48-/m1/s1. The first-order valence-corrected chi connectivity index (χ1v) is 23.3. The molecule has 8 saturated carbocycles. The Hall–Kier alpha value is -1.47. The quantitative estimate of drug-likeness (QED) is 0.200. The van der Waals surface area contributed by atoms with Crippen LogP contribution in [0.3, 0.4) is 0 Å². The summed E-state index contributed by atoms with van der Waals surface area (Å²) in [7, 11) is 0. The van der Waals surface area contributed by atoms with Crippen LogP contribution < -0.4 is 0 Å². The molecule has 19 atom stereocenters. The average molecular weight is 765 g/mol. The number of hydrogen-bond acceptors (Lipinski definition) is 6. The molecule has 0 aromatic heterocycles. The molecule has 8 aliphatic rings. The van der Waals surface area contributed by atoms with E-state index in [-0.39, 0.29) is 58.3 Å². The monoisotopic (exact) mass is 765 g/mol. The molecule has 8 rings (SSSR count). The van der Waals surface area contributed by atoms with Crippen LogP contribution in [-0.2, 0) is 19.1 Å². The van der Waals surface area contributed by atoms with E-state index in [1.807, 2.05) is 0 Å². The summed E-state index contributed by atoms with van der Waals surface area (Å²) in [5, 5.41) is 31.6. The fourth-order valence-corrected chi connectivity index (χ4v) is 17.5. The third kappa shape index (κ3) is 6.60. The lowest BCUT2D eigenvalue weighted by Gasteiger charge is -2.62. The predicted molar refractivity (Wildman–Crippen MR) is 213 cm³/mol. The van der Waals surface area contributed by atoms with Crippen LogP contribution in [0.4, 0.5) is 0 Å². The number of ketones is 1. The van der Waals surface area contributed by atoms with E-state index >= 15 is 0 Å². The van der Waals surface area contributed by atoms with Crippen molar-refractivity contribution in [3.05, 3.63) is 0 Å². The minimum Gasteiger partial charge on any atom is -0.481 e. The van der Waals surface area contributed by atoms with Crippen LogP contribution in [0.15, 0.2) is 0 Å². The zero-order valence-corrected chi connectivity index (χ0v) is 35.3. The van der Waals surface area contributed by atoms with Crippen molar-refractivity contribution in [3.8, 4) is 0 Å². The Bertz CT molecular complexity index is 1480. The molecule has 55 heavy (non-hydrogen) atoms. The summed E-state index contributed by atoms with van der Waals surface area (Å²) in [6.45, 7) is 14.5. The summed E-state index contributed by atoms with van der Waals surface area (Å²) in [5.41, 5.74) is 0.681. The van der Waals surface area contributed by atoms with Crippen LogP contribution in [0, 0.1) is 92.7 Å². The van der Waals surface area contributed by atoms with Crippen LogP contribution in [0.2, 0.25) is 0 Å². The number of aliphatic hydroxyl groups is 2. The first-order valence-electron chi connectivity index (χ1n) is 23.3. The molecule has 310 valence electrons. The number of carboxylic acids is 1. The topological polar surface area (TPSA) is 121 Å². The van der Waals surface area contributed by atoms with Crippen LogP contribution in [-0.4, -0.2) is 51.4 Å². The molecule has 0 radical (unpaired) electrons. The Morgan fingerprint density at radius 1 is 0.673 bits per heavy atom. The Morgan fingerprint density at radius 3 is 1.91 bits per heavy atom. The van der Waals surface area contributed by atoms with Gasteiger partial charge in [0.15, 0.2) is 0 Å². The van der Waals surface area contributed by atoms with E-state index in [9.17, 15) is 29.7 Å². The number of carboxylic acid groups (broad SMARTS) is 1. The minimum absolute atomic E-state index is 0.0542. The van der Waals surface area contributed by atoms with Crippen molar-refractivity contribution in [2.75, 3.05) is 0 Å². The molecule has 7 heteroatoms. The number of Topliss-reactive ketones (excluding diaryl/α,β-unsaturated/α-hetero) is 1. The smallest absolute Gasteiger partial charge is 0.306 e. The summed E-state index contributed by atoms with van der Waals surface area (Å²) >= 11 is 0. The van der Waals surface area contributed by atoms with E-state index in [0.29, 0.717) is 83.7 Å². The van der Waals surface area contributed by atoms with Gasteiger partial charge in [-0.1, -0.05) is 41.5 Å². The molecule has 0 spiro atoms. The summed E-state index contributed by atoms with van der Waals surface area (Å²) in [4.78, 5) is 38.7. The lowest BCUT2D eigenvalue weighted by molar-refractivity contribution is -0.183. The Kier molecular flexibility index (Phi) is 10.7. The molecule has 7 nitrogen and oxygen atoms in total. The maximum absolute atomic E-state index is 13.8. The van der Waals surface area contributed by atoms with Gasteiger partial charge in [0, 0.05) is 25.2 Å². The van der Waals surface area contributed by atoms with Gasteiger partial charge >= 0.3 is 11.9 Å². The SMILES string of the molecule is C[C@H](CCC(=O)O)[C@H]1CC[C@H]2[C@@H]3[C@H](O)CC4C[C@H](OC(=O)CC[C@@H](C)[C@H]5CCC6C7C(=O)CC8C[C@@H](O)CC[C@]8(C)C7CC[C@@]65C)CC[C@]4(C)[C@H]3CC[C@]12C. The molecular weight excluding hydrogens is 689 g/mol. The minimum atomic E-state index is -0.698. The highest BCUT2D eigenvalue weighted by molar-refractivity contribution is 5.83. The van der Waals surface area contributed by atoms with E-state index in [2.05, 4.69) is 41.5 Å². The van der Waals surface area contributed by atoms with Gasteiger partial charge in [-0.15, -0.1) is 0 Å². The van der Waals surface area contributed by atoms with Crippen molar-refractivity contribution in [1.82, 2.24) is 0 Å². The highest BCUT2D eigenvalue weighted by atomic mass is 16.5. The zero-order valence-electron chi connectivity index (χ0n) is 35.3. The predicted octanol–water partition coefficient (Wildman–Crippen LogP) is 9.64. The van der Waals surface area contributed by atoms with Gasteiger partial charge in [-0.2, -0.15) is 0 Å². The fourth-order valence-electron chi connectivity index (χ4n) is 17.5. The summed E-state index contributed by atoms with van der Waals surface area (Å²) in [6, 6.07) is 0. The van der Waals surface area contributed by atoms with Gasteiger partial charge in [-0.05, 0) is 196 Å². The molecule has 0 amide bonds. The number of hydrogen-bond donors (Lipinski definition) is 3. The zero-order chi connectivity index (χ0) is 39.2. The van der Waals surface area contributed by atoms with E-state index < -0.39 is 5.97 Å². The lowest BCUT2D eigenvalue weighted by atomic mass is 9.43. The van der Waals surface area contributed by atoms with Crippen molar-refractivity contribution < 1.29 is 34.4 Å². The maximum atomic E-state index is 13.8. The van der Waals surface area contributed by atoms with E-state index in [0.717, 1.165) is 96.3 Å².